The van der Waals surface area contributed by atoms with Crippen molar-refractivity contribution < 1.29 is 0 Å². The highest BCUT2D eigenvalue weighted by Crippen LogP contribution is 2.52. The van der Waals surface area contributed by atoms with E-state index in [9.17, 15) is 0 Å². The molecule has 6 unspecified atom stereocenters. The Hall–Kier alpha value is -0.0800. The third-order valence-corrected chi connectivity index (χ3v) is 6.65. The monoisotopic (exact) mass is 248 g/mol. The summed E-state index contributed by atoms with van der Waals surface area (Å²) in [6, 6.07) is 0.855. The fraction of sp³-hybridized carbons (Fsp3) is 1.00. The average molecular weight is 248 g/mol. The molecular formula is C16H28N2. The summed E-state index contributed by atoms with van der Waals surface area (Å²) in [5.41, 5.74) is 0. The second-order valence-corrected chi connectivity index (χ2v) is 7.31. The van der Waals surface area contributed by atoms with Gasteiger partial charge in [0.2, 0.25) is 0 Å². The topological polar surface area (TPSA) is 24.1 Å². The molecule has 0 aromatic rings. The molecule has 3 aliphatic carbocycles. The molecule has 3 saturated carbocycles. The van der Waals surface area contributed by atoms with Gasteiger partial charge < -0.3 is 10.6 Å². The Balaban J connectivity index is 1.54. The number of fused-ring (bicyclic) bond motifs is 5. The third kappa shape index (κ3) is 1.84. The Morgan fingerprint density at radius 3 is 2.50 bits per heavy atom. The summed E-state index contributed by atoms with van der Waals surface area (Å²) < 4.78 is 0. The summed E-state index contributed by atoms with van der Waals surface area (Å²) in [5.74, 6) is 5.25. The second kappa shape index (κ2) is 4.79. The molecule has 18 heavy (non-hydrogen) atoms. The zero-order chi connectivity index (χ0) is 11.9. The highest BCUT2D eigenvalue weighted by molar-refractivity contribution is 5.00. The quantitative estimate of drug-likeness (QED) is 0.689. The van der Waals surface area contributed by atoms with E-state index in [0.717, 1.165) is 42.3 Å². The van der Waals surface area contributed by atoms with E-state index in [-0.39, 0.29) is 0 Å². The van der Waals surface area contributed by atoms with Gasteiger partial charge in [0.25, 0.3) is 0 Å². The van der Waals surface area contributed by atoms with Gasteiger partial charge in [-0.2, -0.15) is 0 Å². The third-order valence-electron chi connectivity index (χ3n) is 6.65. The number of hydrogen-bond acceptors (Lipinski definition) is 2. The summed E-state index contributed by atoms with van der Waals surface area (Å²) in [6.07, 6.45) is 12.2. The van der Waals surface area contributed by atoms with Gasteiger partial charge in [-0.1, -0.05) is 19.3 Å². The van der Waals surface area contributed by atoms with Gasteiger partial charge in [0, 0.05) is 19.3 Å². The molecule has 4 aliphatic rings. The SMILES string of the molecule is C1CCC2C(C1)CCC1C2CCC2CNCNC21. The van der Waals surface area contributed by atoms with Gasteiger partial charge in [0.05, 0.1) is 0 Å². The molecule has 4 fully saturated rings. The van der Waals surface area contributed by atoms with Gasteiger partial charge in [-0.05, 0) is 61.7 Å². The molecule has 1 aliphatic heterocycles. The summed E-state index contributed by atoms with van der Waals surface area (Å²) in [4.78, 5) is 0. The van der Waals surface area contributed by atoms with Crippen molar-refractivity contribution >= 4 is 0 Å². The van der Waals surface area contributed by atoms with Crippen molar-refractivity contribution in [2.45, 2.75) is 57.4 Å². The van der Waals surface area contributed by atoms with Crippen LogP contribution < -0.4 is 10.6 Å². The van der Waals surface area contributed by atoms with Crippen LogP contribution >= 0.6 is 0 Å². The molecular weight excluding hydrogens is 220 g/mol. The van der Waals surface area contributed by atoms with Crippen LogP contribution in [0, 0.1) is 29.6 Å². The largest absolute Gasteiger partial charge is 0.304 e. The summed E-state index contributed by atoms with van der Waals surface area (Å²) in [5, 5.41) is 7.33. The molecule has 2 N–H and O–H groups in total. The Bertz CT molecular complexity index is 273. The average Bonchev–Trinajstić information content (AvgIpc) is 2.46. The molecule has 4 rings (SSSR count). The fourth-order valence-corrected chi connectivity index (χ4v) is 5.90. The van der Waals surface area contributed by atoms with Crippen molar-refractivity contribution in [3.8, 4) is 0 Å². The van der Waals surface area contributed by atoms with Gasteiger partial charge >= 0.3 is 0 Å². The molecule has 0 spiro atoms. The van der Waals surface area contributed by atoms with Crippen LogP contribution in [0.2, 0.25) is 0 Å². The van der Waals surface area contributed by atoms with E-state index in [1.54, 1.807) is 19.3 Å². The molecule has 1 saturated heterocycles. The first-order valence-electron chi connectivity index (χ1n) is 8.37. The standard InChI is InChI=1S/C16H28N2/c1-2-4-13-11(3-1)5-8-15-14(13)7-6-12-9-17-10-18-16(12)15/h11-18H,1-10H2. The van der Waals surface area contributed by atoms with Crippen molar-refractivity contribution in [1.29, 1.82) is 0 Å². The molecule has 6 atom stereocenters. The lowest BCUT2D eigenvalue weighted by Crippen LogP contribution is -2.60. The van der Waals surface area contributed by atoms with E-state index in [1.165, 1.54) is 38.6 Å². The van der Waals surface area contributed by atoms with Crippen molar-refractivity contribution in [3.63, 3.8) is 0 Å². The van der Waals surface area contributed by atoms with Gasteiger partial charge in [0.1, 0.15) is 0 Å². The van der Waals surface area contributed by atoms with Gasteiger partial charge in [-0.25, -0.2) is 0 Å². The summed E-state index contributed by atoms with van der Waals surface area (Å²) in [6.45, 7) is 2.33. The fourth-order valence-electron chi connectivity index (χ4n) is 5.90. The highest BCUT2D eigenvalue weighted by Gasteiger charge is 2.47. The van der Waals surface area contributed by atoms with Gasteiger partial charge in [0.15, 0.2) is 0 Å². The van der Waals surface area contributed by atoms with Crippen LogP contribution in [0.3, 0.4) is 0 Å². The summed E-state index contributed by atoms with van der Waals surface area (Å²) >= 11 is 0. The smallest absolute Gasteiger partial charge is 0.0456 e. The molecule has 102 valence electrons. The van der Waals surface area contributed by atoms with E-state index in [0.29, 0.717) is 0 Å². The van der Waals surface area contributed by atoms with E-state index in [4.69, 9.17) is 0 Å². The van der Waals surface area contributed by atoms with Crippen LogP contribution in [0.4, 0.5) is 0 Å². The Morgan fingerprint density at radius 1 is 0.667 bits per heavy atom. The first-order chi connectivity index (χ1) is 8.93. The maximum Gasteiger partial charge on any atom is 0.0456 e. The van der Waals surface area contributed by atoms with Crippen molar-refractivity contribution in [2.24, 2.45) is 29.6 Å². The molecule has 0 radical (unpaired) electrons. The van der Waals surface area contributed by atoms with Crippen molar-refractivity contribution in [1.82, 2.24) is 10.6 Å². The normalized spacial score (nSPS) is 52.0. The van der Waals surface area contributed by atoms with E-state index in [2.05, 4.69) is 10.6 Å². The minimum absolute atomic E-state index is 0.855. The molecule has 0 amide bonds. The second-order valence-electron chi connectivity index (χ2n) is 7.31. The van der Waals surface area contributed by atoms with Crippen LogP contribution in [0.25, 0.3) is 0 Å². The maximum atomic E-state index is 3.80. The zero-order valence-electron chi connectivity index (χ0n) is 11.5. The van der Waals surface area contributed by atoms with Crippen molar-refractivity contribution in [3.05, 3.63) is 0 Å². The van der Waals surface area contributed by atoms with E-state index < -0.39 is 0 Å². The lowest BCUT2D eigenvalue weighted by Gasteiger charge is -2.54. The zero-order valence-corrected chi connectivity index (χ0v) is 11.5. The predicted octanol–water partition coefficient (Wildman–Crippen LogP) is 2.75. The van der Waals surface area contributed by atoms with Crippen LogP contribution in [-0.2, 0) is 0 Å². The lowest BCUT2D eigenvalue weighted by molar-refractivity contribution is -0.0180. The Labute approximate surface area is 111 Å². The number of rotatable bonds is 0. The molecule has 1 heterocycles. The highest BCUT2D eigenvalue weighted by atomic mass is 15.1. The number of hydrogen-bond donors (Lipinski definition) is 2. The minimum atomic E-state index is 0.855. The van der Waals surface area contributed by atoms with Crippen LogP contribution in [0.5, 0.6) is 0 Å². The van der Waals surface area contributed by atoms with Crippen LogP contribution in [0.15, 0.2) is 0 Å². The molecule has 0 bridgehead atoms. The Kier molecular flexibility index (Phi) is 3.12. The van der Waals surface area contributed by atoms with Crippen molar-refractivity contribution in [2.75, 3.05) is 13.2 Å². The van der Waals surface area contributed by atoms with Crippen LogP contribution in [0.1, 0.15) is 51.4 Å². The predicted molar refractivity (Wildman–Crippen MR) is 74.2 cm³/mol. The summed E-state index contributed by atoms with van der Waals surface area (Å²) in [7, 11) is 0. The van der Waals surface area contributed by atoms with Gasteiger partial charge in [-0.15, -0.1) is 0 Å². The Morgan fingerprint density at radius 2 is 1.50 bits per heavy atom. The molecule has 2 heteroatoms. The lowest BCUT2D eigenvalue weighted by atomic mass is 9.55. The van der Waals surface area contributed by atoms with Gasteiger partial charge in [-0.3, -0.25) is 0 Å². The first-order valence-corrected chi connectivity index (χ1v) is 8.37. The molecule has 0 aromatic carbocycles. The minimum Gasteiger partial charge on any atom is -0.304 e. The molecule has 0 aromatic heterocycles. The van der Waals surface area contributed by atoms with Crippen LogP contribution in [-0.4, -0.2) is 19.3 Å². The maximum absolute atomic E-state index is 3.80. The number of nitrogens with one attached hydrogen (secondary N) is 2. The van der Waals surface area contributed by atoms with E-state index in [1.807, 2.05) is 0 Å². The first kappa shape index (κ1) is 11.7. The van der Waals surface area contributed by atoms with E-state index >= 15 is 0 Å². The molecule has 2 nitrogen and oxygen atoms in total.